The Bertz CT molecular complexity index is 357. The number of nitrogens with two attached hydrogens (primary N) is 1. The van der Waals surface area contributed by atoms with Gasteiger partial charge in [-0.25, -0.2) is 4.98 Å². The molecule has 1 aromatic heterocycles. The second-order valence-corrected chi connectivity index (χ2v) is 4.45. The standard InChI is InChI=1S/C10H13N3S/c1-3-7(2)14-10-9(12)8(6-11)4-5-13-10/h4-5,7H,3,12H2,1-2H3. The Morgan fingerprint density at radius 2 is 2.43 bits per heavy atom. The Hall–Kier alpha value is -1.21. The van der Waals surface area contributed by atoms with E-state index in [1.54, 1.807) is 24.0 Å². The molecule has 1 rings (SSSR count). The number of rotatable bonds is 3. The maximum Gasteiger partial charge on any atom is 0.121 e. The number of hydrogen-bond donors (Lipinski definition) is 1. The van der Waals surface area contributed by atoms with Gasteiger partial charge in [0.15, 0.2) is 0 Å². The lowest BCUT2D eigenvalue weighted by atomic mass is 10.2. The quantitative estimate of drug-likeness (QED) is 0.773. The van der Waals surface area contributed by atoms with Crippen molar-refractivity contribution >= 4 is 17.4 Å². The minimum absolute atomic E-state index is 0.471. The number of pyridine rings is 1. The fourth-order valence-electron chi connectivity index (χ4n) is 0.919. The molecule has 3 nitrogen and oxygen atoms in total. The van der Waals surface area contributed by atoms with Crippen molar-refractivity contribution in [3.05, 3.63) is 17.8 Å². The first-order chi connectivity index (χ1) is 6.69. The van der Waals surface area contributed by atoms with Gasteiger partial charge in [-0.3, -0.25) is 0 Å². The van der Waals surface area contributed by atoms with Gasteiger partial charge >= 0.3 is 0 Å². The maximum absolute atomic E-state index is 8.77. The summed E-state index contributed by atoms with van der Waals surface area (Å²) in [6.45, 7) is 4.23. The van der Waals surface area contributed by atoms with Crippen molar-refractivity contribution in [2.24, 2.45) is 0 Å². The second-order valence-electron chi connectivity index (χ2n) is 3.03. The maximum atomic E-state index is 8.77. The predicted molar refractivity (Wildman–Crippen MR) is 59.0 cm³/mol. The van der Waals surface area contributed by atoms with E-state index in [0.29, 0.717) is 16.5 Å². The van der Waals surface area contributed by atoms with E-state index < -0.39 is 0 Å². The molecule has 1 aromatic rings. The highest BCUT2D eigenvalue weighted by Gasteiger charge is 2.09. The van der Waals surface area contributed by atoms with E-state index in [1.165, 1.54) is 0 Å². The van der Waals surface area contributed by atoms with Gasteiger partial charge in [0, 0.05) is 11.4 Å². The summed E-state index contributed by atoms with van der Waals surface area (Å²) in [5.74, 6) is 0. The molecule has 0 aliphatic carbocycles. The highest BCUT2D eigenvalue weighted by atomic mass is 32.2. The predicted octanol–water partition coefficient (Wildman–Crippen LogP) is 2.43. The molecule has 0 bridgehead atoms. The van der Waals surface area contributed by atoms with E-state index in [1.807, 2.05) is 6.07 Å². The molecule has 0 aliphatic heterocycles. The van der Waals surface area contributed by atoms with Crippen LogP contribution < -0.4 is 5.73 Å². The summed E-state index contributed by atoms with van der Waals surface area (Å²) < 4.78 is 0. The number of nitriles is 1. The molecular weight excluding hydrogens is 194 g/mol. The lowest BCUT2D eigenvalue weighted by Gasteiger charge is -2.09. The molecular formula is C10H13N3S. The van der Waals surface area contributed by atoms with E-state index in [0.717, 1.165) is 11.4 Å². The van der Waals surface area contributed by atoms with Crippen molar-refractivity contribution in [1.82, 2.24) is 4.98 Å². The third-order valence-corrected chi connectivity index (χ3v) is 3.25. The first kappa shape index (κ1) is 10.9. The van der Waals surface area contributed by atoms with Crippen LogP contribution in [0.15, 0.2) is 17.3 Å². The smallest absolute Gasteiger partial charge is 0.121 e. The lowest BCUT2D eigenvalue weighted by molar-refractivity contribution is 0.901. The van der Waals surface area contributed by atoms with Gasteiger partial charge in [0.2, 0.25) is 0 Å². The summed E-state index contributed by atoms with van der Waals surface area (Å²) in [6.07, 6.45) is 2.68. The molecule has 0 saturated heterocycles. The van der Waals surface area contributed by atoms with Crippen molar-refractivity contribution < 1.29 is 0 Å². The molecule has 0 saturated carbocycles. The Balaban J connectivity index is 2.94. The molecule has 0 fully saturated rings. The molecule has 1 atom stereocenters. The molecule has 74 valence electrons. The summed E-state index contributed by atoms with van der Waals surface area (Å²) in [5.41, 5.74) is 6.80. The van der Waals surface area contributed by atoms with Gasteiger partial charge in [-0.1, -0.05) is 13.8 Å². The van der Waals surface area contributed by atoms with Crippen molar-refractivity contribution in [3.63, 3.8) is 0 Å². The first-order valence-electron chi connectivity index (χ1n) is 4.50. The molecule has 0 radical (unpaired) electrons. The van der Waals surface area contributed by atoms with Crippen LogP contribution in [0.5, 0.6) is 0 Å². The van der Waals surface area contributed by atoms with Crippen LogP contribution in [-0.2, 0) is 0 Å². The second kappa shape index (κ2) is 4.87. The topological polar surface area (TPSA) is 62.7 Å². The lowest BCUT2D eigenvalue weighted by Crippen LogP contribution is -1.99. The molecule has 1 unspecified atom stereocenters. The average molecular weight is 207 g/mol. The van der Waals surface area contributed by atoms with Crippen LogP contribution in [-0.4, -0.2) is 10.2 Å². The third kappa shape index (κ3) is 2.39. The van der Waals surface area contributed by atoms with E-state index in [-0.39, 0.29) is 0 Å². The van der Waals surface area contributed by atoms with Crippen LogP contribution in [0.4, 0.5) is 5.69 Å². The first-order valence-corrected chi connectivity index (χ1v) is 5.38. The Morgan fingerprint density at radius 1 is 1.71 bits per heavy atom. The largest absolute Gasteiger partial charge is 0.395 e. The van der Waals surface area contributed by atoms with Crippen molar-refractivity contribution in [3.8, 4) is 6.07 Å². The summed E-state index contributed by atoms with van der Waals surface area (Å²) in [7, 11) is 0. The molecule has 0 spiro atoms. The van der Waals surface area contributed by atoms with E-state index in [2.05, 4.69) is 18.8 Å². The molecule has 14 heavy (non-hydrogen) atoms. The summed E-state index contributed by atoms with van der Waals surface area (Å²) in [5, 5.41) is 10.0. The Morgan fingerprint density at radius 3 is 3.00 bits per heavy atom. The van der Waals surface area contributed by atoms with Crippen LogP contribution in [0.25, 0.3) is 0 Å². The highest BCUT2D eigenvalue weighted by Crippen LogP contribution is 2.29. The molecule has 0 aliphatic rings. The van der Waals surface area contributed by atoms with Gasteiger partial charge in [0.1, 0.15) is 11.1 Å². The zero-order valence-corrected chi connectivity index (χ0v) is 9.14. The molecule has 2 N–H and O–H groups in total. The van der Waals surface area contributed by atoms with E-state index in [4.69, 9.17) is 11.0 Å². The summed E-state index contributed by atoms with van der Waals surface area (Å²) in [6, 6.07) is 3.68. The van der Waals surface area contributed by atoms with Crippen LogP contribution >= 0.6 is 11.8 Å². The van der Waals surface area contributed by atoms with Crippen molar-refractivity contribution in [2.75, 3.05) is 5.73 Å². The van der Waals surface area contributed by atoms with Gasteiger partial charge in [-0.2, -0.15) is 5.26 Å². The van der Waals surface area contributed by atoms with Gasteiger partial charge in [0.25, 0.3) is 0 Å². The highest BCUT2D eigenvalue weighted by molar-refractivity contribution is 8.00. The number of aromatic nitrogens is 1. The van der Waals surface area contributed by atoms with Crippen molar-refractivity contribution in [2.45, 2.75) is 30.5 Å². The zero-order valence-electron chi connectivity index (χ0n) is 8.32. The molecule has 1 heterocycles. The fourth-order valence-corrected chi connectivity index (χ4v) is 1.83. The van der Waals surface area contributed by atoms with Crippen LogP contribution in [0.1, 0.15) is 25.8 Å². The molecule has 4 heteroatoms. The van der Waals surface area contributed by atoms with Crippen LogP contribution in [0.2, 0.25) is 0 Å². The summed E-state index contributed by atoms with van der Waals surface area (Å²) in [4.78, 5) is 4.16. The minimum atomic E-state index is 0.471. The van der Waals surface area contributed by atoms with Gasteiger partial charge in [-0.05, 0) is 12.5 Å². The number of nitrogen functional groups attached to an aromatic ring is 1. The van der Waals surface area contributed by atoms with E-state index >= 15 is 0 Å². The van der Waals surface area contributed by atoms with Crippen LogP contribution in [0, 0.1) is 11.3 Å². The SMILES string of the molecule is CCC(C)Sc1nccc(C#N)c1N. The van der Waals surface area contributed by atoms with Crippen molar-refractivity contribution in [1.29, 1.82) is 5.26 Å². The van der Waals surface area contributed by atoms with Gasteiger partial charge in [-0.15, -0.1) is 11.8 Å². The van der Waals surface area contributed by atoms with E-state index in [9.17, 15) is 0 Å². The number of anilines is 1. The molecule has 0 aromatic carbocycles. The zero-order chi connectivity index (χ0) is 10.6. The Labute approximate surface area is 88.3 Å². The molecule has 0 amide bonds. The average Bonchev–Trinajstić information content (AvgIpc) is 2.21. The normalized spacial score (nSPS) is 12.1. The monoisotopic (exact) mass is 207 g/mol. The van der Waals surface area contributed by atoms with Crippen LogP contribution in [0.3, 0.4) is 0 Å². The Kier molecular flexibility index (Phi) is 3.78. The van der Waals surface area contributed by atoms with Gasteiger partial charge in [0.05, 0.1) is 11.3 Å². The number of thioether (sulfide) groups is 1. The number of nitrogens with zero attached hydrogens (tertiary/aromatic N) is 2. The number of hydrogen-bond acceptors (Lipinski definition) is 4. The van der Waals surface area contributed by atoms with Gasteiger partial charge < -0.3 is 5.73 Å². The fraction of sp³-hybridized carbons (Fsp3) is 0.400. The summed E-state index contributed by atoms with van der Waals surface area (Å²) >= 11 is 1.61. The minimum Gasteiger partial charge on any atom is -0.395 e. The third-order valence-electron chi connectivity index (χ3n) is 1.96.